The van der Waals surface area contributed by atoms with Crippen molar-refractivity contribution in [2.75, 3.05) is 18.5 Å². The highest BCUT2D eigenvalue weighted by Gasteiger charge is 2.12. The molecule has 2 aromatic rings. The van der Waals surface area contributed by atoms with Crippen LogP contribution in [0.15, 0.2) is 42.5 Å². The molecule has 1 N–H and O–H groups in total. The van der Waals surface area contributed by atoms with Gasteiger partial charge in [-0.15, -0.1) is 0 Å². The van der Waals surface area contributed by atoms with Crippen LogP contribution in [0.3, 0.4) is 0 Å². The third kappa shape index (κ3) is 3.78. The van der Waals surface area contributed by atoms with Gasteiger partial charge in [-0.3, -0.25) is 4.79 Å². The van der Waals surface area contributed by atoms with E-state index in [4.69, 9.17) is 32.7 Å². The van der Waals surface area contributed by atoms with Gasteiger partial charge in [0.05, 0.1) is 0 Å². The molecule has 0 bridgehead atoms. The molecular weight excluding hydrogens is 337 g/mol. The third-order valence-electron chi connectivity index (χ3n) is 3.21. The lowest BCUT2D eigenvalue weighted by atomic mass is 10.2. The predicted molar refractivity (Wildman–Crippen MR) is 91.6 cm³/mol. The molecule has 0 radical (unpaired) electrons. The first-order valence-electron chi connectivity index (χ1n) is 6.96. The van der Waals surface area contributed by atoms with Crippen LogP contribution in [0.25, 0.3) is 6.08 Å². The average molecular weight is 350 g/mol. The van der Waals surface area contributed by atoms with Crippen LogP contribution in [0.2, 0.25) is 10.0 Å². The number of benzene rings is 2. The highest BCUT2D eigenvalue weighted by Crippen LogP contribution is 2.32. The molecule has 0 atom stereocenters. The van der Waals surface area contributed by atoms with E-state index in [1.165, 1.54) is 6.08 Å². The minimum atomic E-state index is -0.294. The number of nitrogens with one attached hydrogen (secondary N) is 1. The summed E-state index contributed by atoms with van der Waals surface area (Å²) in [4.78, 5) is 12.0. The number of rotatable bonds is 3. The molecule has 0 saturated carbocycles. The maximum absolute atomic E-state index is 12.0. The summed E-state index contributed by atoms with van der Waals surface area (Å²) in [5.74, 6) is 0.998. The van der Waals surface area contributed by atoms with Gasteiger partial charge in [-0.1, -0.05) is 29.3 Å². The second kappa shape index (κ2) is 6.94. The van der Waals surface area contributed by atoms with Crippen molar-refractivity contribution in [3.8, 4) is 11.5 Å². The standard InChI is InChI=1S/C17H13Cl2NO3/c18-13-2-1-3-14(19)12(13)5-7-17(21)20-11-4-6-15-16(10-11)23-9-8-22-15/h1-7,10H,8-9H2,(H,20,21). The van der Waals surface area contributed by atoms with Crippen molar-refractivity contribution in [3.63, 3.8) is 0 Å². The third-order valence-corrected chi connectivity index (χ3v) is 3.87. The van der Waals surface area contributed by atoms with Gasteiger partial charge in [-0.25, -0.2) is 0 Å². The zero-order valence-electron chi connectivity index (χ0n) is 12.0. The van der Waals surface area contributed by atoms with Crippen LogP contribution in [0.4, 0.5) is 5.69 Å². The first-order chi connectivity index (χ1) is 11.1. The van der Waals surface area contributed by atoms with Gasteiger partial charge in [-0.2, -0.15) is 0 Å². The molecule has 2 aromatic carbocycles. The largest absolute Gasteiger partial charge is 0.486 e. The maximum Gasteiger partial charge on any atom is 0.248 e. The molecule has 23 heavy (non-hydrogen) atoms. The minimum Gasteiger partial charge on any atom is -0.486 e. The van der Waals surface area contributed by atoms with Gasteiger partial charge in [0.25, 0.3) is 0 Å². The van der Waals surface area contributed by atoms with E-state index in [1.807, 2.05) is 0 Å². The average Bonchev–Trinajstić information content (AvgIpc) is 2.54. The van der Waals surface area contributed by atoms with E-state index in [0.29, 0.717) is 46.0 Å². The summed E-state index contributed by atoms with van der Waals surface area (Å²) >= 11 is 12.1. The SMILES string of the molecule is O=C(C=Cc1c(Cl)cccc1Cl)Nc1ccc2c(c1)OCCO2. The highest BCUT2D eigenvalue weighted by molar-refractivity contribution is 6.37. The maximum atomic E-state index is 12.0. The Morgan fingerprint density at radius 3 is 2.48 bits per heavy atom. The van der Waals surface area contributed by atoms with Crippen LogP contribution < -0.4 is 14.8 Å². The van der Waals surface area contributed by atoms with Gasteiger partial charge >= 0.3 is 0 Å². The molecule has 1 amide bonds. The quantitative estimate of drug-likeness (QED) is 0.834. The van der Waals surface area contributed by atoms with Crippen LogP contribution in [0.5, 0.6) is 11.5 Å². The Morgan fingerprint density at radius 2 is 1.74 bits per heavy atom. The van der Waals surface area contributed by atoms with Gasteiger partial charge in [0, 0.05) is 33.4 Å². The monoisotopic (exact) mass is 349 g/mol. The van der Waals surface area contributed by atoms with E-state index in [2.05, 4.69) is 5.32 Å². The van der Waals surface area contributed by atoms with Crippen LogP contribution in [0, 0.1) is 0 Å². The Morgan fingerprint density at radius 1 is 1.04 bits per heavy atom. The zero-order chi connectivity index (χ0) is 16.2. The fourth-order valence-corrected chi connectivity index (χ4v) is 2.66. The van der Waals surface area contributed by atoms with E-state index < -0.39 is 0 Å². The van der Waals surface area contributed by atoms with Crippen LogP contribution in [-0.4, -0.2) is 19.1 Å². The van der Waals surface area contributed by atoms with Gasteiger partial charge in [0.15, 0.2) is 11.5 Å². The summed E-state index contributed by atoms with van der Waals surface area (Å²) in [5, 5.41) is 3.73. The number of carbonyl (C=O) groups excluding carboxylic acids is 1. The van der Waals surface area contributed by atoms with Gasteiger partial charge in [0.2, 0.25) is 5.91 Å². The fraction of sp³-hybridized carbons (Fsp3) is 0.118. The number of hydrogen-bond donors (Lipinski definition) is 1. The lowest BCUT2D eigenvalue weighted by Gasteiger charge is -2.18. The lowest BCUT2D eigenvalue weighted by molar-refractivity contribution is -0.111. The van der Waals surface area contributed by atoms with E-state index in [-0.39, 0.29) is 5.91 Å². The lowest BCUT2D eigenvalue weighted by Crippen LogP contribution is -2.16. The molecule has 118 valence electrons. The second-order valence-electron chi connectivity index (χ2n) is 4.82. The van der Waals surface area contributed by atoms with Crippen molar-refractivity contribution < 1.29 is 14.3 Å². The molecule has 0 spiro atoms. The summed E-state index contributed by atoms with van der Waals surface area (Å²) in [6, 6.07) is 10.4. The van der Waals surface area contributed by atoms with E-state index in [0.717, 1.165) is 0 Å². The minimum absolute atomic E-state index is 0.294. The van der Waals surface area contributed by atoms with Crippen molar-refractivity contribution in [1.29, 1.82) is 0 Å². The molecule has 6 heteroatoms. The number of ether oxygens (including phenoxy) is 2. The summed E-state index contributed by atoms with van der Waals surface area (Å²) in [7, 11) is 0. The Labute approximate surface area is 143 Å². The van der Waals surface area contributed by atoms with E-state index >= 15 is 0 Å². The topological polar surface area (TPSA) is 47.6 Å². The Bertz CT molecular complexity index is 754. The number of amides is 1. The van der Waals surface area contributed by atoms with Crippen molar-refractivity contribution in [1.82, 2.24) is 0 Å². The molecule has 0 fully saturated rings. The summed E-state index contributed by atoms with van der Waals surface area (Å²) in [6.45, 7) is 1.02. The number of halogens is 2. The molecule has 0 unspecified atom stereocenters. The Kier molecular flexibility index (Phi) is 4.74. The van der Waals surface area contributed by atoms with Crippen molar-refractivity contribution in [2.45, 2.75) is 0 Å². The van der Waals surface area contributed by atoms with E-state index in [9.17, 15) is 4.79 Å². The van der Waals surface area contributed by atoms with E-state index in [1.54, 1.807) is 42.5 Å². The molecule has 3 rings (SSSR count). The predicted octanol–water partition coefficient (Wildman–Crippen LogP) is 4.42. The number of anilines is 1. The first-order valence-corrected chi connectivity index (χ1v) is 7.72. The summed E-state index contributed by atoms with van der Waals surface area (Å²) in [5.41, 5.74) is 1.22. The van der Waals surface area contributed by atoms with Crippen molar-refractivity contribution in [3.05, 3.63) is 58.1 Å². The number of fused-ring (bicyclic) bond motifs is 1. The molecule has 1 heterocycles. The summed E-state index contributed by atoms with van der Waals surface area (Å²) < 4.78 is 10.9. The normalized spacial score (nSPS) is 13.1. The first kappa shape index (κ1) is 15.7. The molecule has 0 aromatic heterocycles. The summed E-state index contributed by atoms with van der Waals surface area (Å²) in [6.07, 6.45) is 2.96. The van der Waals surface area contributed by atoms with Crippen LogP contribution in [-0.2, 0) is 4.79 Å². The van der Waals surface area contributed by atoms with Gasteiger partial charge < -0.3 is 14.8 Å². The highest BCUT2D eigenvalue weighted by atomic mass is 35.5. The second-order valence-corrected chi connectivity index (χ2v) is 5.63. The van der Waals surface area contributed by atoms with Gasteiger partial charge in [0.1, 0.15) is 13.2 Å². The Hall–Kier alpha value is -2.17. The molecule has 0 saturated heterocycles. The van der Waals surface area contributed by atoms with Crippen LogP contribution in [0.1, 0.15) is 5.56 Å². The molecule has 4 nitrogen and oxygen atoms in total. The van der Waals surface area contributed by atoms with Crippen molar-refractivity contribution >= 4 is 40.9 Å². The number of carbonyl (C=O) groups is 1. The number of hydrogen-bond acceptors (Lipinski definition) is 3. The molecule has 1 aliphatic heterocycles. The molecule has 0 aliphatic carbocycles. The van der Waals surface area contributed by atoms with Crippen molar-refractivity contribution in [2.24, 2.45) is 0 Å². The Balaban J connectivity index is 1.71. The smallest absolute Gasteiger partial charge is 0.248 e. The fourth-order valence-electron chi connectivity index (χ4n) is 2.13. The van der Waals surface area contributed by atoms with Crippen LogP contribution >= 0.6 is 23.2 Å². The molecule has 1 aliphatic rings. The van der Waals surface area contributed by atoms with Gasteiger partial charge in [-0.05, 0) is 30.3 Å². The molecular formula is C17H13Cl2NO3. The zero-order valence-corrected chi connectivity index (χ0v) is 13.5.